The number of hydrogen-bond donors (Lipinski definition) is 2. The van der Waals surface area contributed by atoms with Crippen LogP contribution in [0.3, 0.4) is 0 Å². The van der Waals surface area contributed by atoms with Gasteiger partial charge in [0.05, 0.1) is 0 Å². The molecule has 4 heteroatoms. The van der Waals surface area contributed by atoms with Crippen LogP contribution in [0.2, 0.25) is 0 Å². The van der Waals surface area contributed by atoms with E-state index >= 15 is 0 Å². The van der Waals surface area contributed by atoms with Gasteiger partial charge in [-0.05, 0) is 64.7 Å². The molecule has 4 nitrogen and oxygen atoms in total. The number of nitrogens with zero attached hydrogens (tertiary/aromatic N) is 1. The second-order valence-corrected chi connectivity index (χ2v) is 5.35. The van der Waals surface area contributed by atoms with Gasteiger partial charge in [0.25, 0.3) is 0 Å². The van der Waals surface area contributed by atoms with Gasteiger partial charge in [0, 0.05) is 12.5 Å². The summed E-state index contributed by atoms with van der Waals surface area (Å²) in [6, 6.07) is 0.667. The molecular weight excluding hydrogens is 226 g/mol. The summed E-state index contributed by atoms with van der Waals surface area (Å²) in [5.41, 5.74) is 5.12. The Balaban J connectivity index is 2.06. The second kappa shape index (κ2) is 9.34. The summed E-state index contributed by atoms with van der Waals surface area (Å²) in [7, 11) is 0. The molecule has 0 aliphatic carbocycles. The molecule has 0 spiro atoms. The van der Waals surface area contributed by atoms with E-state index in [4.69, 9.17) is 5.73 Å². The molecule has 0 aromatic carbocycles. The van der Waals surface area contributed by atoms with E-state index in [9.17, 15) is 4.79 Å². The first-order valence-corrected chi connectivity index (χ1v) is 7.46. The highest BCUT2D eigenvalue weighted by Gasteiger charge is 2.15. The molecule has 0 radical (unpaired) electrons. The predicted molar refractivity (Wildman–Crippen MR) is 75.4 cm³/mol. The molecule has 0 aromatic heterocycles. The van der Waals surface area contributed by atoms with Crippen molar-refractivity contribution in [1.82, 2.24) is 10.2 Å². The third kappa shape index (κ3) is 6.97. The number of unbranched alkanes of at least 4 members (excludes halogenated alkanes) is 1. The Morgan fingerprint density at radius 1 is 1.33 bits per heavy atom. The maximum absolute atomic E-state index is 10.6. The number of hydrogen-bond acceptors (Lipinski definition) is 3. The summed E-state index contributed by atoms with van der Waals surface area (Å²) >= 11 is 0. The van der Waals surface area contributed by atoms with E-state index in [2.05, 4.69) is 17.1 Å². The maximum Gasteiger partial charge on any atom is 0.217 e. The quantitative estimate of drug-likeness (QED) is 0.646. The lowest BCUT2D eigenvalue weighted by Gasteiger charge is -2.19. The molecule has 0 aromatic rings. The van der Waals surface area contributed by atoms with Crippen molar-refractivity contribution in [2.24, 2.45) is 5.73 Å². The highest BCUT2D eigenvalue weighted by Crippen LogP contribution is 2.11. The molecular formula is C14H29N3O. The Morgan fingerprint density at radius 3 is 2.89 bits per heavy atom. The fourth-order valence-electron chi connectivity index (χ4n) is 2.63. The number of nitrogens with one attached hydrogen (secondary N) is 1. The first-order valence-electron chi connectivity index (χ1n) is 7.46. The van der Waals surface area contributed by atoms with Crippen molar-refractivity contribution in [3.8, 4) is 0 Å². The SMILES string of the molecule is CCCN1CCCC(NCCCCC(N)=O)CC1. The molecule has 0 saturated carbocycles. The summed E-state index contributed by atoms with van der Waals surface area (Å²) in [6.07, 6.45) is 7.60. The number of likely N-dealkylation sites (tertiary alicyclic amines) is 1. The standard InChI is InChI=1S/C14H29N3O/c1-2-10-17-11-5-6-13(8-12-17)16-9-4-3-7-14(15)18/h13,16H,2-12H2,1H3,(H2,15,18). The monoisotopic (exact) mass is 255 g/mol. The van der Waals surface area contributed by atoms with Crippen LogP contribution in [0.15, 0.2) is 0 Å². The van der Waals surface area contributed by atoms with Crippen LogP contribution in [0.1, 0.15) is 51.9 Å². The smallest absolute Gasteiger partial charge is 0.217 e. The van der Waals surface area contributed by atoms with E-state index in [1.165, 1.54) is 45.3 Å². The molecule has 1 aliphatic heterocycles. The zero-order valence-corrected chi connectivity index (χ0v) is 11.8. The lowest BCUT2D eigenvalue weighted by Crippen LogP contribution is -2.32. The summed E-state index contributed by atoms with van der Waals surface area (Å²) in [5, 5.41) is 3.62. The van der Waals surface area contributed by atoms with Crippen LogP contribution in [-0.4, -0.2) is 43.0 Å². The number of carbonyl (C=O) groups is 1. The van der Waals surface area contributed by atoms with E-state index < -0.39 is 0 Å². The Hall–Kier alpha value is -0.610. The highest BCUT2D eigenvalue weighted by atomic mass is 16.1. The molecule has 1 atom stereocenters. The molecule has 1 aliphatic rings. The van der Waals surface area contributed by atoms with Crippen LogP contribution < -0.4 is 11.1 Å². The van der Waals surface area contributed by atoms with Crippen molar-refractivity contribution in [1.29, 1.82) is 0 Å². The average molecular weight is 255 g/mol. The first-order chi connectivity index (χ1) is 8.72. The lowest BCUT2D eigenvalue weighted by molar-refractivity contribution is -0.118. The van der Waals surface area contributed by atoms with Crippen molar-refractivity contribution in [2.45, 2.75) is 57.9 Å². The van der Waals surface area contributed by atoms with Crippen molar-refractivity contribution < 1.29 is 4.79 Å². The minimum atomic E-state index is -0.181. The molecule has 0 bridgehead atoms. The summed E-state index contributed by atoms with van der Waals surface area (Å²) in [6.45, 7) is 7.00. The largest absolute Gasteiger partial charge is 0.370 e. The van der Waals surface area contributed by atoms with Crippen LogP contribution in [0.5, 0.6) is 0 Å². The van der Waals surface area contributed by atoms with Crippen LogP contribution >= 0.6 is 0 Å². The molecule has 1 amide bonds. The van der Waals surface area contributed by atoms with Gasteiger partial charge in [-0.15, -0.1) is 0 Å². The van der Waals surface area contributed by atoms with Gasteiger partial charge in [0.2, 0.25) is 5.91 Å². The van der Waals surface area contributed by atoms with E-state index in [1.807, 2.05) is 0 Å². The summed E-state index contributed by atoms with van der Waals surface area (Å²) in [4.78, 5) is 13.2. The zero-order chi connectivity index (χ0) is 13.2. The number of rotatable bonds is 8. The van der Waals surface area contributed by atoms with E-state index in [-0.39, 0.29) is 5.91 Å². The van der Waals surface area contributed by atoms with Gasteiger partial charge in [-0.2, -0.15) is 0 Å². The second-order valence-electron chi connectivity index (χ2n) is 5.35. The van der Waals surface area contributed by atoms with Gasteiger partial charge in [-0.1, -0.05) is 6.92 Å². The van der Waals surface area contributed by atoms with Crippen LogP contribution in [0.4, 0.5) is 0 Å². The summed E-state index contributed by atoms with van der Waals surface area (Å²) in [5.74, 6) is -0.181. The lowest BCUT2D eigenvalue weighted by atomic mass is 10.1. The molecule has 106 valence electrons. The maximum atomic E-state index is 10.6. The van der Waals surface area contributed by atoms with E-state index in [0.29, 0.717) is 12.5 Å². The fourth-order valence-corrected chi connectivity index (χ4v) is 2.63. The number of primary amides is 1. The van der Waals surface area contributed by atoms with Crippen molar-refractivity contribution in [3.63, 3.8) is 0 Å². The van der Waals surface area contributed by atoms with Gasteiger partial charge >= 0.3 is 0 Å². The predicted octanol–water partition coefficient (Wildman–Crippen LogP) is 1.50. The minimum absolute atomic E-state index is 0.181. The van der Waals surface area contributed by atoms with E-state index in [1.54, 1.807) is 0 Å². The molecule has 1 saturated heterocycles. The Morgan fingerprint density at radius 2 is 2.17 bits per heavy atom. The highest BCUT2D eigenvalue weighted by molar-refractivity contribution is 5.73. The minimum Gasteiger partial charge on any atom is -0.370 e. The molecule has 1 fully saturated rings. The molecule has 1 heterocycles. The van der Waals surface area contributed by atoms with Crippen LogP contribution in [0, 0.1) is 0 Å². The van der Waals surface area contributed by atoms with Crippen molar-refractivity contribution >= 4 is 5.91 Å². The number of amides is 1. The van der Waals surface area contributed by atoms with Crippen molar-refractivity contribution in [2.75, 3.05) is 26.2 Å². The molecule has 1 unspecified atom stereocenters. The summed E-state index contributed by atoms with van der Waals surface area (Å²) < 4.78 is 0. The average Bonchev–Trinajstić information content (AvgIpc) is 2.55. The molecule has 3 N–H and O–H groups in total. The topological polar surface area (TPSA) is 58.4 Å². The first kappa shape index (κ1) is 15.4. The van der Waals surface area contributed by atoms with Gasteiger partial charge in [-0.3, -0.25) is 4.79 Å². The number of carbonyl (C=O) groups excluding carboxylic acids is 1. The van der Waals surface area contributed by atoms with E-state index in [0.717, 1.165) is 19.4 Å². The Labute approximate surface area is 111 Å². The number of nitrogens with two attached hydrogens (primary N) is 1. The van der Waals surface area contributed by atoms with Gasteiger partial charge in [-0.25, -0.2) is 0 Å². The fraction of sp³-hybridized carbons (Fsp3) is 0.929. The van der Waals surface area contributed by atoms with Crippen molar-refractivity contribution in [3.05, 3.63) is 0 Å². The zero-order valence-electron chi connectivity index (χ0n) is 11.8. The van der Waals surface area contributed by atoms with Gasteiger partial charge < -0.3 is 16.0 Å². The Bertz CT molecular complexity index is 233. The van der Waals surface area contributed by atoms with Crippen LogP contribution in [-0.2, 0) is 4.79 Å². The molecule has 18 heavy (non-hydrogen) atoms. The van der Waals surface area contributed by atoms with Gasteiger partial charge in [0.1, 0.15) is 0 Å². The third-order valence-corrected chi connectivity index (χ3v) is 3.64. The normalized spacial score (nSPS) is 21.7. The van der Waals surface area contributed by atoms with Gasteiger partial charge in [0.15, 0.2) is 0 Å². The Kier molecular flexibility index (Phi) is 8.01. The van der Waals surface area contributed by atoms with Crippen LogP contribution in [0.25, 0.3) is 0 Å². The molecule has 1 rings (SSSR count). The third-order valence-electron chi connectivity index (χ3n) is 3.64.